The number of hydrogen-bond donors (Lipinski definition) is 1. The van der Waals surface area contributed by atoms with Gasteiger partial charge in [0.05, 0.1) is 5.41 Å². The van der Waals surface area contributed by atoms with Gasteiger partial charge in [-0.3, -0.25) is 0 Å². The summed E-state index contributed by atoms with van der Waals surface area (Å²) in [5.41, 5.74) is -0.340. The molecule has 0 aromatic heterocycles. The Morgan fingerprint density at radius 1 is 1.41 bits per heavy atom. The van der Waals surface area contributed by atoms with Gasteiger partial charge in [0.25, 0.3) is 0 Å². The van der Waals surface area contributed by atoms with Crippen LogP contribution in [-0.2, 0) is 4.74 Å². The van der Waals surface area contributed by atoms with E-state index in [0.717, 1.165) is 19.3 Å². The van der Waals surface area contributed by atoms with Crippen LogP contribution in [0.15, 0.2) is 0 Å². The predicted molar refractivity (Wildman–Crippen MR) is 64.4 cm³/mol. The molecule has 0 heterocycles. The van der Waals surface area contributed by atoms with Crippen LogP contribution in [0.5, 0.6) is 0 Å². The summed E-state index contributed by atoms with van der Waals surface area (Å²) in [6, 6.07) is 0.0739. The van der Waals surface area contributed by atoms with Crippen LogP contribution in [0, 0.1) is 12.0 Å². The molecule has 1 atom stereocenters. The zero-order chi connectivity index (χ0) is 12.9. The molecule has 94 valence electrons. The lowest BCUT2D eigenvalue weighted by molar-refractivity contribution is -0.156. The summed E-state index contributed by atoms with van der Waals surface area (Å²) in [4.78, 5) is 15.2. The van der Waals surface area contributed by atoms with E-state index in [1.165, 1.54) is 0 Å². The van der Waals surface area contributed by atoms with Gasteiger partial charge in [-0.25, -0.2) is 11.4 Å². The van der Waals surface area contributed by atoms with E-state index in [2.05, 4.69) is 10.2 Å². The highest BCUT2D eigenvalue weighted by Gasteiger charge is 2.73. The molecule has 0 aromatic rings. The minimum absolute atomic E-state index is 0.0682. The molecule has 0 aliphatic heterocycles. The maximum Gasteiger partial charge on any atom is 0.408 e. The van der Waals surface area contributed by atoms with Gasteiger partial charge >= 0.3 is 6.09 Å². The second kappa shape index (κ2) is 3.38. The molecule has 1 amide bonds. The summed E-state index contributed by atoms with van der Waals surface area (Å²) in [7, 11) is 0. The molecule has 0 radical (unpaired) electrons. The van der Waals surface area contributed by atoms with Gasteiger partial charge in [0.1, 0.15) is 5.60 Å². The first-order valence-corrected chi connectivity index (χ1v) is 6.08. The molecule has 17 heavy (non-hydrogen) atoms. The molecule has 2 bridgehead atoms. The fraction of sp³-hybridized carbons (Fsp3) is 0.846. The zero-order valence-electron chi connectivity index (χ0n) is 11.0. The van der Waals surface area contributed by atoms with E-state index in [-0.39, 0.29) is 23.1 Å². The van der Waals surface area contributed by atoms with Crippen LogP contribution >= 0.6 is 0 Å². The Labute approximate surface area is 103 Å². The smallest absolute Gasteiger partial charge is 0.408 e. The Hall–Kier alpha value is -1.24. The minimum Gasteiger partial charge on any atom is -0.444 e. The fourth-order valence-electron chi connectivity index (χ4n) is 3.10. The molecule has 3 rings (SSSR count). The van der Waals surface area contributed by atoms with Crippen molar-refractivity contribution in [2.75, 3.05) is 0 Å². The second-order valence-electron chi connectivity index (χ2n) is 6.60. The van der Waals surface area contributed by atoms with Crippen LogP contribution in [0.1, 0.15) is 47.0 Å². The van der Waals surface area contributed by atoms with Crippen molar-refractivity contribution in [3.63, 3.8) is 0 Å². The van der Waals surface area contributed by atoms with Crippen molar-refractivity contribution in [2.45, 2.75) is 64.1 Å². The Balaban J connectivity index is 1.83. The number of amides is 1. The molecule has 3 aliphatic carbocycles. The quantitative estimate of drug-likeness (QED) is 0.749. The first-order chi connectivity index (χ1) is 7.70. The third-order valence-corrected chi connectivity index (χ3v) is 3.92. The van der Waals surface area contributed by atoms with E-state index < -0.39 is 5.60 Å². The molecule has 1 unspecified atom stereocenters. The summed E-state index contributed by atoms with van der Waals surface area (Å²) in [6.07, 6.45) is 2.47. The number of nitrogens with zero attached hydrogens (tertiary/aromatic N) is 1. The topological polar surface area (TPSA) is 42.7 Å². The van der Waals surface area contributed by atoms with Gasteiger partial charge in [0.2, 0.25) is 6.04 Å². The number of hydrogen-bond acceptors (Lipinski definition) is 2. The standard InChI is InChI=1S/C13H20N2O2/c1-9(14-5)12-6-13(7-12,8-12)15-10(16)17-11(2,3)4/h9H,6-8H2,1-4H3,(H,15,16). The molecule has 3 saturated carbocycles. The van der Waals surface area contributed by atoms with E-state index >= 15 is 0 Å². The average Bonchev–Trinajstić information content (AvgIpc) is 2.04. The van der Waals surface area contributed by atoms with Crippen molar-refractivity contribution in [3.05, 3.63) is 11.4 Å². The normalized spacial score (nSPS) is 35.9. The van der Waals surface area contributed by atoms with Gasteiger partial charge < -0.3 is 14.9 Å². The van der Waals surface area contributed by atoms with Crippen molar-refractivity contribution in [3.8, 4) is 0 Å². The summed E-state index contributed by atoms with van der Waals surface area (Å²) in [6.45, 7) is 14.6. The lowest BCUT2D eigenvalue weighted by Crippen LogP contribution is -2.77. The van der Waals surface area contributed by atoms with Crippen LogP contribution in [0.4, 0.5) is 4.79 Å². The van der Waals surface area contributed by atoms with Crippen LogP contribution in [0.2, 0.25) is 0 Å². The number of nitrogens with one attached hydrogen (secondary N) is 1. The second-order valence-corrected chi connectivity index (χ2v) is 6.60. The molecule has 3 aliphatic rings. The molecule has 0 aromatic carbocycles. The third kappa shape index (κ3) is 1.99. The van der Waals surface area contributed by atoms with Crippen molar-refractivity contribution < 1.29 is 9.53 Å². The highest BCUT2D eigenvalue weighted by Crippen LogP contribution is 2.69. The molecule has 1 N–H and O–H groups in total. The number of alkyl carbamates (subject to hydrolysis) is 1. The molecule has 4 nitrogen and oxygen atoms in total. The van der Waals surface area contributed by atoms with E-state index in [1.807, 2.05) is 27.7 Å². The molecule has 4 heteroatoms. The molecule has 0 spiro atoms. The monoisotopic (exact) mass is 236 g/mol. The molecule has 3 fully saturated rings. The Morgan fingerprint density at radius 3 is 2.35 bits per heavy atom. The van der Waals surface area contributed by atoms with Crippen molar-refractivity contribution in [1.82, 2.24) is 5.32 Å². The van der Waals surface area contributed by atoms with Gasteiger partial charge in [-0.15, -0.1) is 0 Å². The SMILES string of the molecule is [C-]#[N+]C(C)C12CC(NC(=O)OC(C)(C)C)(C1)C2. The van der Waals surface area contributed by atoms with Crippen LogP contribution in [-0.4, -0.2) is 23.3 Å². The summed E-state index contributed by atoms with van der Waals surface area (Å²) in [5.74, 6) is 0. The van der Waals surface area contributed by atoms with E-state index in [4.69, 9.17) is 11.3 Å². The Morgan fingerprint density at radius 2 is 1.94 bits per heavy atom. The predicted octanol–water partition coefficient (Wildman–Crippen LogP) is 2.74. The first-order valence-electron chi connectivity index (χ1n) is 6.08. The minimum atomic E-state index is -0.449. The largest absolute Gasteiger partial charge is 0.444 e. The Kier molecular flexibility index (Phi) is 2.43. The molecular formula is C13H20N2O2. The van der Waals surface area contributed by atoms with Crippen molar-refractivity contribution in [1.29, 1.82) is 0 Å². The van der Waals surface area contributed by atoms with Crippen LogP contribution in [0.3, 0.4) is 0 Å². The highest BCUT2D eigenvalue weighted by molar-refractivity contribution is 5.70. The zero-order valence-corrected chi connectivity index (χ0v) is 11.0. The number of carbonyl (C=O) groups is 1. The van der Waals surface area contributed by atoms with Crippen molar-refractivity contribution in [2.24, 2.45) is 5.41 Å². The lowest BCUT2D eigenvalue weighted by atomic mass is 9.37. The van der Waals surface area contributed by atoms with Crippen LogP contribution < -0.4 is 5.32 Å². The summed E-state index contributed by atoms with van der Waals surface area (Å²) in [5, 5.41) is 2.95. The van der Waals surface area contributed by atoms with Gasteiger partial charge in [-0.2, -0.15) is 0 Å². The fourth-order valence-corrected chi connectivity index (χ4v) is 3.10. The maximum atomic E-state index is 11.6. The van der Waals surface area contributed by atoms with E-state index in [0.29, 0.717) is 0 Å². The van der Waals surface area contributed by atoms with E-state index in [9.17, 15) is 4.79 Å². The first kappa shape index (κ1) is 12.2. The highest BCUT2D eigenvalue weighted by atomic mass is 16.6. The number of ether oxygens (including phenoxy) is 1. The average molecular weight is 236 g/mol. The summed E-state index contributed by atoms with van der Waals surface area (Å²) >= 11 is 0. The van der Waals surface area contributed by atoms with Gasteiger partial charge in [-0.05, 0) is 40.0 Å². The third-order valence-electron chi connectivity index (χ3n) is 3.92. The maximum absolute atomic E-state index is 11.6. The number of carbonyl (C=O) groups excluding carboxylic acids is 1. The number of rotatable bonds is 2. The Bertz CT molecular complexity index is 369. The summed E-state index contributed by atoms with van der Waals surface area (Å²) < 4.78 is 5.24. The van der Waals surface area contributed by atoms with Gasteiger partial charge in [0, 0.05) is 12.5 Å². The van der Waals surface area contributed by atoms with Gasteiger partial charge in [-0.1, -0.05) is 0 Å². The lowest BCUT2D eigenvalue weighted by Gasteiger charge is -2.69. The molecule has 0 saturated heterocycles. The molecular weight excluding hydrogens is 216 g/mol. The van der Waals surface area contributed by atoms with E-state index in [1.54, 1.807) is 0 Å². The van der Waals surface area contributed by atoms with Crippen LogP contribution in [0.25, 0.3) is 4.85 Å². The van der Waals surface area contributed by atoms with Crippen molar-refractivity contribution >= 4 is 6.09 Å². The van der Waals surface area contributed by atoms with Gasteiger partial charge in [0.15, 0.2) is 0 Å².